The van der Waals surface area contributed by atoms with Crippen LogP contribution in [0.3, 0.4) is 0 Å². The topological polar surface area (TPSA) is 68.0 Å². The molecule has 0 bridgehead atoms. The van der Waals surface area contributed by atoms with Crippen molar-refractivity contribution in [3.05, 3.63) is 47.9 Å². The number of furan rings is 1. The minimum Gasteiger partial charge on any atom is -0.490 e. The predicted molar refractivity (Wildman–Crippen MR) is 108 cm³/mol. The van der Waals surface area contributed by atoms with E-state index < -0.39 is 0 Å². The van der Waals surface area contributed by atoms with Crippen molar-refractivity contribution in [2.75, 3.05) is 19.8 Å². The number of benzene rings is 1. The first-order valence-corrected chi connectivity index (χ1v) is 8.28. The van der Waals surface area contributed by atoms with Crippen LogP contribution < -0.4 is 20.1 Å². The quantitative estimate of drug-likeness (QED) is 0.410. The summed E-state index contributed by atoms with van der Waals surface area (Å²) in [6, 6.07) is 9.78. The van der Waals surface area contributed by atoms with Gasteiger partial charge in [0.25, 0.3) is 0 Å². The lowest BCUT2D eigenvalue weighted by molar-refractivity contribution is 0.297. The summed E-state index contributed by atoms with van der Waals surface area (Å²) in [5.74, 6) is 3.23. The number of halogens is 1. The van der Waals surface area contributed by atoms with Crippen molar-refractivity contribution >= 4 is 29.9 Å². The maximum atomic E-state index is 5.72. The normalized spacial score (nSPS) is 13.6. The molecule has 0 saturated carbocycles. The molecule has 0 atom stereocenters. The number of nitrogens with zero attached hydrogens (tertiary/aromatic N) is 1. The fourth-order valence-electron chi connectivity index (χ4n) is 2.40. The van der Waals surface area contributed by atoms with Crippen molar-refractivity contribution in [1.29, 1.82) is 0 Å². The maximum absolute atomic E-state index is 5.72. The van der Waals surface area contributed by atoms with Gasteiger partial charge in [-0.25, -0.2) is 4.99 Å². The van der Waals surface area contributed by atoms with Crippen LogP contribution in [-0.4, -0.2) is 25.7 Å². The van der Waals surface area contributed by atoms with E-state index in [0.29, 0.717) is 26.3 Å². The summed E-state index contributed by atoms with van der Waals surface area (Å²) < 4.78 is 16.7. The van der Waals surface area contributed by atoms with Crippen molar-refractivity contribution in [1.82, 2.24) is 10.6 Å². The molecular formula is C18H24IN3O3. The third-order valence-electron chi connectivity index (χ3n) is 3.59. The zero-order valence-electron chi connectivity index (χ0n) is 14.3. The molecule has 25 heavy (non-hydrogen) atoms. The Hall–Kier alpha value is -1.90. The van der Waals surface area contributed by atoms with Crippen LogP contribution in [0.1, 0.15) is 24.7 Å². The molecule has 0 aliphatic carbocycles. The molecule has 2 N–H and O–H groups in total. The highest BCUT2D eigenvalue weighted by molar-refractivity contribution is 14.0. The van der Waals surface area contributed by atoms with Crippen molar-refractivity contribution < 1.29 is 13.9 Å². The van der Waals surface area contributed by atoms with Crippen LogP contribution in [0.2, 0.25) is 0 Å². The maximum Gasteiger partial charge on any atom is 0.191 e. The Labute approximate surface area is 165 Å². The number of hydrogen-bond donors (Lipinski definition) is 2. The van der Waals surface area contributed by atoms with E-state index in [1.54, 1.807) is 6.26 Å². The van der Waals surface area contributed by atoms with Crippen LogP contribution in [-0.2, 0) is 13.1 Å². The van der Waals surface area contributed by atoms with E-state index in [1.807, 2.05) is 37.3 Å². The van der Waals surface area contributed by atoms with E-state index in [9.17, 15) is 0 Å². The summed E-state index contributed by atoms with van der Waals surface area (Å²) >= 11 is 0. The van der Waals surface area contributed by atoms with Gasteiger partial charge < -0.3 is 24.5 Å². The van der Waals surface area contributed by atoms with E-state index in [4.69, 9.17) is 13.9 Å². The molecule has 0 fully saturated rings. The fourth-order valence-corrected chi connectivity index (χ4v) is 2.40. The molecule has 136 valence electrons. The van der Waals surface area contributed by atoms with Crippen molar-refractivity contribution in [3.8, 4) is 11.5 Å². The Morgan fingerprint density at radius 3 is 2.72 bits per heavy atom. The average molecular weight is 457 g/mol. The summed E-state index contributed by atoms with van der Waals surface area (Å²) in [4.78, 5) is 4.61. The molecule has 0 spiro atoms. The minimum atomic E-state index is 0. The Morgan fingerprint density at radius 1 is 1.12 bits per heavy atom. The molecule has 1 aliphatic rings. The first kappa shape index (κ1) is 19.4. The van der Waals surface area contributed by atoms with E-state index in [2.05, 4.69) is 15.6 Å². The largest absolute Gasteiger partial charge is 0.490 e. The van der Waals surface area contributed by atoms with Gasteiger partial charge in [-0.3, -0.25) is 0 Å². The van der Waals surface area contributed by atoms with Crippen LogP contribution in [0.4, 0.5) is 0 Å². The second kappa shape index (κ2) is 10.2. The Kier molecular flexibility index (Phi) is 7.90. The van der Waals surface area contributed by atoms with Gasteiger partial charge in [-0.1, -0.05) is 6.07 Å². The first-order valence-electron chi connectivity index (χ1n) is 8.28. The zero-order valence-corrected chi connectivity index (χ0v) is 16.6. The van der Waals surface area contributed by atoms with Crippen LogP contribution in [0, 0.1) is 0 Å². The van der Waals surface area contributed by atoms with E-state index in [0.717, 1.165) is 41.7 Å². The Bertz CT molecular complexity index is 674. The zero-order chi connectivity index (χ0) is 16.6. The monoisotopic (exact) mass is 457 g/mol. The minimum absolute atomic E-state index is 0. The van der Waals surface area contributed by atoms with Gasteiger partial charge in [-0.2, -0.15) is 0 Å². The van der Waals surface area contributed by atoms with Gasteiger partial charge >= 0.3 is 0 Å². The van der Waals surface area contributed by atoms with E-state index in [1.165, 1.54) is 0 Å². The van der Waals surface area contributed by atoms with E-state index >= 15 is 0 Å². The van der Waals surface area contributed by atoms with Gasteiger partial charge in [-0.15, -0.1) is 24.0 Å². The summed E-state index contributed by atoms with van der Waals surface area (Å²) in [7, 11) is 0. The van der Waals surface area contributed by atoms with Gasteiger partial charge in [0.1, 0.15) is 5.76 Å². The number of fused-ring (bicyclic) bond motifs is 1. The third-order valence-corrected chi connectivity index (χ3v) is 3.59. The molecule has 2 aromatic rings. The molecule has 0 unspecified atom stereocenters. The number of rotatable bonds is 5. The standard InChI is InChI=1S/C18H23N3O3.HI/c1-2-19-18(21-13-15-5-3-8-22-15)20-12-14-6-7-16-17(11-14)24-10-4-9-23-16;/h3,5-8,11H,2,4,9-10,12-13H2,1H3,(H2,19,20,21);1H. The lowest BCUT2D eigenvalue weighted by atomic mass is 10.2. The molecule has 1 aromatic carbocycles. The molecule has 6 nitrogen and oxygen atoms in total. The summed E-state index contributed by atoms with van der Waals surface area (Å²) in [6.07, 6.45) is 2.57. The molecule has 0 amide bonds. The summed E-state index contributed by atoms with van der Waals surface area (Å²) in [5, 5.41) is 6.48. The lowest BCUT2D eigenvalue weighted by Crippen LogP contribution is -2.36. The number of ether oxygens (including phenoxy) is 2. The highest BCUT2D eigenvalue weighted by Crippen LogP contribution is 2.30. The molecule has 0 radical (unpaired) electrons. The van der Waals surface area contributed by atoms with Crippen LogP contribution in [0.25, 0.3) is 0 Å². The number of guanidine groups is 1. The van der Waals surface area contributed by atoms with Gasteiger partial charge in [0, 0.05) is 13.0 Å². The highest BCUT2D eigenvalue weighted by Gasteiger charge is 2.10. The van der Waals surface area contributed by atoms with Crippen LogP contribution in [0.5, 0.6) is 11.5 Å². The SMILES string of the molecule is CCNC(=NCc1ccc2c(c1)OCCCO2)NCc1ccco1.I. The fraction of sp³-hybridized carbons (Fsp3) is 0.389. The first-order chi connectivity index (χ1) is 11.8. The van der Waals surface area contributed by atoms with Crippen LogP contribution in [0.15, 0.2) is 46.0 Å². The second-order valence-electron chi connectivity index (χ2n) is 5.46. The van der Waals surface area contributed by atoms with Gasteiger partial charge in [0.2, 0.25) is 0 Å². The molecule has 2 heterocycles. The van der Waals surface area contributed by atoms with Crippen molar-refractivity contribution in [2.24, 2.45) is 4.99 Å². The lowest BCUT2D eigenvalue weighted by Gasteiger charge is -2.11. The Morgan fingerprint density at radius 2 is 1.96 bits per heavy atom. The molecule has 1 aromatic heterocycles. The van der Waals surface area contributed by atoms with Gasteiger partial charge in [-0.05, 0) is 36.8 Å². The molecule has 0 saturated heterocycles. The number of aliphatic imine (C=N–C) groups is 1. The smallest absolute Gasteiger partial charge is 0.191 e. The van der Waals surface area contributed by atoms with Gasteiger partial charge in [0.05, 0.1) is 32.6 Å². The Balaban J connectivity index is 0.00000225. The summed E-state index contributed by atoms with van der Waals surface area (Å²) in [6.45, 7) is 5.38. The molecular weight excluding hydrogens is 433 g/mol. The molecule has 7 heteroatoms. The summed E-state index contributed by atoms with van der Waals surface area (Å²) in [5.41, 5.74) is 1.08. The van der Waals surface area contributed by atoms with E-state index in [-0.39, 0.29) is 24.0 Å². The third kappa shape index (κ3) is 5.84. The second-order valence-corrected chi connectivity index (χ2v) is 5.46. The highest BCUT2D eigenvalue weighted by atomic mass is 127. The number of nitrogens with one attached hydrogen (secondary N) is 2. The van der Waals surface area contributed by atoms with Gasteiger partial charge in [0.15, 0.2) is 17.5 Å². The molecule has 1 aliphatic heterocycles. The van der Waals surface area contributed by atoms with Crippen LogP contribution >= 0.6 is 24.0 Å². The average Bonchev–Trinajstić information content (AvgIpc) is 3.01. The predicted octanol–water partition coefficient (Wildman–Crippen LogP) is 3.31. The van der Waals surface area contributed by atoms with Crippen molar-refractivity contribution in [2.45, 2.75) is 26.4 Å². The van der Waals surface area contributed by atoms with Crippen molar-refractivity contribution in [3.63, 3.8) is 0 Å². The molecule has 3 rings (SSSR count). The number of hydrogen-bond acceptors (Lipinski definition) is 4.